The zero-order chi connectivity index (χ0) is 18.3. The first-order chi connectivity index (χ1) is 12.5. The number of aromatic nitrogens is 1. The molecule has 0 saturated carbocycles. The minimum Gasteiger partial charge on any atom is -0.340 e. The van der Waals surface area contributed by atoms with Crippen molar-refractivity contribution in [1.82, 2.24) is 15.2 Å². The molecule has 1 aliphatic rings. The number of amides is 3. The molecule has 4 rings (SSSR count). The number of para-hydroxylation sites is 1. The van der Waals surface area contributed by atoms with Gasteiger partial charge in [0.1, 0.15) is 5.70 Å². The average molecular weight is 366 g/mol. The Labute approximate surface area is 155 Å². The van der Waals surface area contributed by atoms with Crippen LogP contribution in [0.15, 0.2) is 54.2 Å². The van der Waals surface area contributed by atoms with Gasteiger partial charge in [-0.3, -0.25) is 10.1 Å². The lowest BCUT2D eigenvalue weighted by Crippen LogP contribution is -2.22. The standard InChI is InChI=1S/C20H16ClN3O2/c1-12-15(10-17-19(25)23-20(26)22-17)14-7-3-5-9-18(14)24(12)11-13-6-2-4-8-16(13)21/h2-10H,11H2,1H3,(H2,22,23,25,26)/b17-10+. The van der Waals surface area contributed by atoms with Crippen molar-refractivity contribution >= 4 is 40.5 Å². The van der Waals surface area contributed by atoms with Crippen molar-refractivity contribution in [3.8, 4) is 0 Å². The van der Waals surface area contributed by atoms with Crippen LogP contribution in [-0.4, -0.2) is 16.5 Å². The summed E-state index contributed by atoms with van der Waals surface area (Å²) in [5.41, 5.74) is 4.21. The molecule has 2 N–H and O–H groups in total. The minimum absolute atomic E-state index is 0.249. The molecule has 1 aliphatic heterocycles. The summed E-state index contributed by atoms with van der Waals surface area (Å²) in [4.78, 5) is 23.3. The fourth-order valence-electron chi connectivity index (χ4n) is 3.27. The van der Waals surface area contributed by atoms with Crippen LogP contribution in [-0.2, 0) is 11.3 Å². The monoisotopic (exact) mass is 365 g/mol. The Kier molecular flexibility index (Phi) is 4.01. The normalized spacial score (nSPS) is 15.5. The van der Waals surface area contributed by atoms with E-state index in [1.165, 1.54) is 0 Å². The average Bonchev–Trinajstić information content (AvgIpc) is 3.08. The van der Waals surface area contributed by atoms with Gasteiger partial charge in [0.05, 0.1) is 0 Å². The Hall–Kier alpha value is -3.05. The van der Waals surface area contributed by atoms with E-state index in [1.54, 1.807) is 6.08 Å². The molecular formula is C20H16ClN3O2. The van der Waals surface area contributed by atoms with E-state index >= 15 is 0 Å². The number of carbonyl (C=O) groups is 2. The van der Waals surface area contributed by atoms with Crippen LogP contribution >= 0.6 is 11.6 Å². The topological polar surface area (TPSA) is 63.1 Å². The van der Waals surface area contributed by atoms with Crippen LogP contribution < -0.4 is 10.6 Å². The second-order valence-electron chi connectivity index (χ2n) is 6.16. The summed E-state index contributed by atoms with van der Waals surface area (Å²) in [6, 6.07) is 15.2. The SMILES string of the molecule is Cc1c(/C=C2/NC(=O)NC2=O)c2ccccc2n1Cc1ccccc1Cl. The molecule has 3 amide bonds. The van der Waals surface area contributed by atoms with Gasteiger partial charge >= 0.3 is 6.03 Å². The van der Waals surface area contributed by atoms with Gasteiger partial charge < -0.3 is 9.88 Å². The number of benzene rings is 2. The first-order valence-corrected chi connectivity index (χ1v) is 8.57. The smallest absolute Gasteiger partial charge is 0.326 e. The van der Waals surface area contributed by atoms with E-state index in [-0.39, 0.29) is 5.70 Å². The first kappa shape index (κ1) is 16.4. The number of fused-ring (bicyclic) bond motifs is 1. The number of nitrogens with one attached hydrogen (secondary N) is 2. The van der Waals surface area contributed by atoms with Crippen molar-refractivity contribution < 1.29 is 9.59 Å². The second kappa shape index (κ2) is 6.35. The third kappa shape index (κ3) is 2.76. The number of hydrogen-bond donors (Lipinski definition) is 2. The zero-order valence-electron chi connectivity index (χ0n) is 14.0. The zero-order valence-corrected chi connectivity index (χ0v) is 14.8. The molecule has 26 heavy (non-hydrogen) atoms. The summed E-state index contributed by atoms with van der Waals surface area (Å²) >= 11 is 6.33. The lowest BCUT2D eigenvalue weighted by Gasteiger charge is -2.10. The number of halogens is 1. The number of hydrogen-bond acceptors (Lipinski definition) is 2. The van der Waals surface area contributed by atoms with Gasteiger partial charge in [0.2, 0.25) is 0 Å². The molecule has 0 atom stereocenters. The summed E-state index contributed by atoms with van der Waals surface area (Å²) in [7, 11) is 0. The van der Waals surface area contributed by atoms with Crippen molar-refractivity contribution in [2.45, 2.75) is 13.5 Å². The number of imide groups is 1. The molecule has 0 unspecified atom stereocenters. The summed E-state index contributed by atoms with van der Waals surface area (Å²) in [6.45, 7) is 2.62. The van der Waals surface area contributed by atoms with Gasteiger partial charge in [0, 0.05) is 33.7 Å². The predicted octanol–water partition coefficient (Wildman–Crippen LogP) is 3.83. The highest BCUT2D eigenvalue weighted by Gasteiger charge is 2.24. The minimum atomic E-state index is -0.501. The summed E-state index contributed by atoms with van der Waals surface area (Å²) in [6.07, 6.45) is 1.72. The van der Waals surface area contributed by atoms with Crippen molar-refractivity contribution in [2.75, 3.05) is 0 Å². The number of carbonyl (C=O) groups excluding carboxylic acids is 2. The van der Waals surface area contributed by atoms with Gasteiger partial charge in [-0.15, -0.1) is 0 Å². The highest BCUT2D eigenvalue weighted by atomic mass is 35.5. The molecule has 5 nitrogen and oxygen atoms in total. The van der Waals surface area contributed by atoms with E-state index in [4.69, 9.17) is 11.6 Å². The fraction of sp³-hybridized carbons (Fsp3) is 0.100. The van der Waals surface area contributed by atoms with Crippen molar-refractivity contribution in [1.29, 1.82) is 0 Å². The largest absolute Gasteiger partial charge is 0.340 e. The Morgan fingerprint density at radius 3 is 2.50 bits per heavy atom. The fourth-order valence-corrected chi connectivity index (χ4v) is 3.46. The summed E-state index contributed by atoms with van der Waals surface area (Å²) in [5.74, 6) is -0.419. The summed E-state index contributed by atoms with van der Waals surface area (Å²) < 4.78 is 2.16. The molecule has 2 aromatic carbocycles. The van der Waals surface area contributed by atoms with Crippen molar-refractivity contribution in [3.05, 3.63) is 76.1 Å². The third-order valence-electron chi connectivity index (χ3n) is 4.57. The maximum absolute atomic E-state index is 11.9. The van der Waals surface area contributed by atoms with Gasteiger partial charge in [-0.05, 0) is 30.7 Å². The molecule has 0 aliphatic carbocycles. The van der Waals surface area contributed by atoms with E-state index in [9.17, 15) is 9.59 Å². The second-order valence-corrected chi connectivity index (χ2v) is 6.57. The lowest BCUT2D eigenvalue weighted by atomic mass is 10.1. The van der Waals surface area contributed by atoms with E-state index in [2.05, 4.69) is 15.2 Å². The van der Waals surface area contributed by atoms with Gasteiger partial charge in [-0.25, -0.2) is 4.79 Å². The highest BCUT2D eigenvalue weighted by molar-refractivity contribution is 6.31. The quantitative estimate of drug-likeness (QED) is 0.547. The van der Waals surface area contributed by atoms with Crippen molar-refractivity contribution in [2.24, 2.45) is 0 Å². The van der Waals surface area contributed by atoms with Crippen LogP contribution in [0.4, 0.5) is 4.79 Å². The Morgan fingerprint density at radius 1 is 1.04 bits per heavy atom. The van der Waals surface area contributed by atoms with Crippen LogP contribution in [0.2, 0.25) is 5.02 Å². The Balaban J connectivity index is 1.87. The molecule has 3 aromatic rings. The molecule has 6 heteroatoms. The molecule has 0 bridgehead atoms. The van der Waals surface area contributed by atoms with Gasteiger partial charge in [0.25, 0.3) is 5.91 Å². The highest BCUT2D eigenvalue weighted by Crippen LogP contribution is 2.29. The van der Waals surface area contributed by atoms with E-state index in [0.29, 0.717) is 11.6 Å². The number of rotatable bonds is 3. The molecule has 0 spiro atoms. The van der Waals surface area contributed by atoms with E-state index in [1.807, 2.05) is 55.5 Å². The van der Waals surface area contributed by atoms with Crippen molar-refractivity contribution in [3.63, 3.8) is 0 Å². The van der Waals surface area contributed by atoms with Crippen LogP contribution in [0.25, 0.3) is 17.0 Å². The molecule has 1 saturated heterocycles. The first-order valence-electron chi connectivity index (χ1n) is 8.20. The number of nitrogens with zero attached hydrogens (tertiary/aromatic N) is 1. The molecule has 130 valence electrons. The van der Waals surface area contributed by atoms with Crippen LogP contribution in [0.5, 0.6) is 0 Å². The van der Waals surface area contributed by atoms with E-state index in [0.717, 1.165) is 27.7 Å². The maximum Gasteiger partial charge on any atom is 0.326 e. The maximum atomic E-state index is 11.9. The van der Waals surface area contributed by atoms with E-state index < -0.39 is 11.9 Å². The van der Waals surface area contributed by atoms with Crippen LogP contribution in [0.3, 0.4) is 0 Å². The van der Waals surface area contributed by atoms with Crippen LogP contribution in [0, 0.1) is 6.92 Å². The van der Waals surface area contributed by atoms with Gasteiger partial charge in [-0.2, -0.15) is 0 Å². The molecule has 0 radical (unpaired) electrons. The van der Waals surface area contributed by atoms with Gasteiger partial charge in [0.15, 0.2) is 0 Å². The predicted molar refractivity (Wildman–Crippen MR) is 102 cm³/mol. The Morgan fingerprint density at radius 2 is 1.77 bits per heavy atom. The molecule has 1 fully saturated rings. The molecule has 2 heterocycles. The third-order valence-corrected chi connectivity index (χ3v) is 4.94. The van der Waals surface area contributed by atoms with Crippen LogP contribution in [0.1, 0.15) is 16.8 Å². The number of urea groups is 1. The summed E-state index contributed by atoms with van der Waals surface area (Å²) in [5, 5.41) is 6.50. The van der Waals surface area contributed by atoms with Gasteiger partial charge in [-0.1, -0.05) is 48.0 Å². The Bertz CT molecular complexity index is 1080. The lowest BCUT2D eigenvalue weighted by molar-refractivity contribution is -0.115. The molecular weight excluding hydrogens is 350 g/mol. The molecule has 1 aromatic heterocycles.